The van der Waals surface area contributed by atoms with Gasteiger partial charge in [-0.2, -0.15) is 0 Å². The second-order valence-corrected chi connectivity index (χ2v) is 4.70. The van der Waals surface area contributed by atoms with Crippen LogP contribution in [0.2, 0.25) is 0 Å². The summed E-state index contributed by atoms with van der Waals surface area (Å²) in [5.74, 6) is 0.135. The molecule has 98 valence electrons. The molecule has 4 nitrogen and oxygen atoms in total. The lowest BCUT2D eigenvalue weighted by Gasteiger charge is -2.34. The molecule has 0 unspecified atom stereocenters. The Balaban J connectivity index is 1.95. The zero-order chi connectivity index (χ0) is 13.0. The Kier molecular flexibility index (Phi) is 4.33. The van der Waals surface area contributed by atoms with Gasteiger partial charge >= 0.3 is 0 Å². The zero-order valence-electron chi connectivity index (χ0n) is 11.1. The van der Waals surface area contributed by atoms with Crippen molar-refractivity contribution < 1.29 is 9.53 Å². The molecule has 4 heteroatoms. The Hall–Kier alpha value is -1.39. The summed E-state index contributed by atoms with van der Waals surface area (Å²) in [7, 11) is 1.70. The number of methoxy groups -OCH3 is 1. The fourth-order valence-corrected chi connectivity index (χ4v) is 2.22. The van der Waals surface area contributed by atoms with Crippen LogP contribution in [0, 0.1) is 6.92 Å². The first-order valence-electron chi connectivity index (χ1n) is 6.28. The number of hydrogen-bond donors (Lipinski definition) is 0. The van der Waals surface area contributed by atoms with E-state index < -0.39 is 0 Å². The van der Waals surface area contributed by atoms with Crippen LogP contribution in [0.1, 0.15) is 15.9 Å². The van der Waals surface area contributed by atoms with E-state index in [0.29, 0.717) is 6.73 Å². The van der Waals surface area contributed by atoms with Crippen molar-refractivity contribution >= 4 is 5.91 Å². The van der Waals surface area contributed by atoms with Crippen molar-refractivity contribution in [1.82, 2.24) is 9.80 Å². The minimum atomic E-state index is 0.135. The second-order valence-electron chi connectivity index (χ2n) is 4.70. The smallest absolute Gasteiger partial charge is 0.253 e. The molecule has 0 radical (unpaired) electrons. The van der Waals surface area contributed by atoms with Crippen LogP contribution in [-0.4, -0.2) is 55.7 Å². The van der Waals surface area contributed by atoms with Crippen LogP contribution in [-0.2, 0) is 4.74 Å². The van der Waals surface area contributed by atoms with E-state index in [0.717, 1.165) is 37.3 Å². The third kappa shape index (κ3) is 3.09. The molecule has 2 rings (SSSR count). The van der Waals surface area contributed by atoms with Crippen molar-refractivity contribution in [1.29, 1.82) is 0 Å². The van der Waals surface area contributed by atoms with E-state index in [9.17, 15) is 4.79 Å². The minimum Gasteiger partial charge on any atom is -0.369 e. The zero-order valence-corrected chi connectivity index (χ0v) is 11.1. The highest BCUT2D eigenvalue weighted by Crippen LogP contribution is 2.10. The Morgan fingerprint density at radius 3 is 2.61 bits per heavy atom. The van der Waals surface area contributed by atoms with Gasteiger partial charge in [-0.05, 0) is 19.1 Å². The number of hydrogen-bond acceptors (Lipinski definition) is 3. The molecular weight excluding hydrogens is 228 g/mol. The van der Waals surface area contributed by atoms with Crippen molar-refractivity contribution in [3.63, 3.8) is 0 Å². The SMILES string of the molecule is COCN1CCN(C(=O)c2cccc(C)c2)CC1. The first-order valence-corrected chi connectivity index (χ1v) is 6.28. The van der Waals surface area contributed by atoms with Gasteiger partial charge in [0.2, 0.25) is 0 Å². The van der Waals surface area contributed by atoms with E-state index in [2.05, 4.69) is 4.90 Å². The molecule has 1 aromatic rings. The first-order chi connectivity index (χ1) is 8.70. The van der Waals surface area contributed by atoms with Gasteiger partial charge in [0, 0.05) is 38.9 Å². The van der Waals surface area contributed by atoms with Gasteiger partial charge in [0.25, 0.3) is 5.91 Å². The molecule has 18 heavy (non-hydrogen) atoms. The van der Waals surface area contributed by atoms with E-state index in [1.54, 1.807) is 7.11 Å². The van der Waals surface area contributed by atoms with Crippen molar-refractivity contribution in [2.75, 3.05) is 40.0 Å². The van der Waals surface area contributed by atoms with Gasteiger partial charge < -0.3 is 9.64 Å². The lowest BCUT2D eigenvalue weighted by atomic mass is 10.1. The number of piperazine rings is 1. The number of rotatable bonds is 3. The summed E-state index contributed by atoms with van der Waals surface area (Å²) in [4.78, 5) is 16.4. The van der Waals surface area contributed by atoms with Gasteiger partial charge in [0.05, 0.1) is 6.73 Å². The summed E-state index contributed by atoms with van der Waals surface area (Å²) in [6, 6.07) is 7.78. The number of carbonyl (C=O) groups is 1. The third-order valence-electron chi connectivity index (χ3n) is 3.24. The average molecular weight is 248 g/mol. The van der Waals surface area contributed by atoms with Crippen LogP contribution in [0.15, 0.2) is 24.3 Å². The van der Waals surface area contributed by atoms with Crippen LogP contribution >= 0.6 is 0 Å². The first kappa shape index (κ1) is 13.1. The third-order valence-corrected chi connectivity index (χ3v) is 3.24. The molecule has 0 saturated carbocycles. The highest BCUT2D eigenvalue weighted by atomic mass is 16.5. The fraction of sp³-hybridized carbons (Fsp3) is 0.500. The Labute approximate surface area is 108 Å². The minimum absolute atomic E-state index is 0.135. The molecule has 0 aliphatic carbocycles. The Morgan fingerprint density at radius 2 is 2.00 bits per heavy atom. The number of carbonyl (C=O) groups excluding carboxylic acids is 1. The fourth-order valence-electron chi connectivity index (χ4n) is 2.22. The lowest BCUT2D eigenvalue weighted by Crippen LogP contribution is -2.49. The maximum absolute atomic E-state index is 12.3. The Morgan fingerprint density at radius 1 is 1.28 bits per heavy atom. The number of benzene rings is 1. The lowest BCUT2D eigenvalue weighted by molar-refractivity contribution is 0.0247. The van der Waals surface area contributed by atoms with Gasteiger partial charge in [0.15, 0.2) is 0 Å². The number of aryl methyl sites for hydroxylation is 1. The summed E-state index contributed by atoms with van der Waals surface area (Å²) in [5.41, 5.74) is 1.91. The molecule has 0 N–H and O–H groups in total. The number of nitrogens with zero attached hydrogens (tertiary/aromatic N) is 2. The van der Waals surface area contributed by atoms with Crippen molar-refractivity contribution in [2.45, 2.75) is 6.92 Å². The molecule has 0 bridgehead atoms. The number of amides is 1. The highest BCUT2D eigenvalue weighted by Gasteiger charge is 2.21. The average Bonchev–Trinajstić information content (AvgIpc) is 2.39. The van der Waals surface area contributed by atoms with Crippen molar-refractivity contribution in [2.24, 2.45) is 0 Å². The normalized spacial score (nSPS) is 16.9. The Bertz CT molecular complexity index is 412. The summed E-state index contributed by atoms with van der Waals surface area (Å²) in [5, 5.41) is 0. The number of ether oxygens (including phenoxy) is 1. The molecule has 0 atom stereocenters. The van der Waals surface area contributed by atoms with Crippen molar-refractivity contribution in [3.05, 3.63) is 35.4 Å². The van der Waals surface area contributed by atoms with E-state index >= 15 is 0 Å². The second kappa shape index (κ2) is 5.98. The molecular formula is C14H20N2O2. The molecule has 1 aliphatic heterocycles. The molecule has 1 aromatic carbocycles. The molecule has 1 heterocycles. The van der Waals surface area contributed by atoms with Gasteiger partial charge in [-0.25, -0.2) is 0 Å². The van der Waals surface area contributed by atoms with Crippen LogP contribution in [0.3, 0.4) is 0 Å². The maximum atomic E-state index is 12.3. The van der Waals surface area contributed by atoms with E-state index in [1.165, 1.54) is 0 Å². The van der Waals surface area contributed by atoms with Crippen molar-refractivity contribution in [3.8, 4) is 0 Å². The van der Waals surface area contributed by atoms with E-state index in [1.807, 2.05) is 36.1 Å². The molecule has 0 aromatic heterocycles. The molecule has 1 saturated heterocycles. The molecule has 0 spiro atoms. The topological polar surface area (TPSA) is 32.8 Å². The summed E-state index contributed by atoms with van der Waals surface area (Å²) in [6.07, 6.45) is 0. The van der Waals surface area contributed by atoms with Crippen LogP contribution in [0.25, 0.3) is 0 Å². The summed E-state index contributed by atoms with van der Waals surface area (Å²) >= 11 is 0. The molecule has 1 amide bonds. The summed E-state index contributed by atoms with van der Waals surface area (Å²) < 4.78 is 5.10. The van der Waals surface area contributed by atoms with Gasteiger partial charge in [-0.3, -0.25) is 9.69 Å². The summed E-state index contributed by atoms with van der Waals surface area (Å²) in [6.45, 7) is 5.96. The largest absolute Gasteiger partial charge is 0.369 e. The van der Waals surface area contributed by atoms with Gasteiger partial charge in [-0.15, -0.1) is 0 Å². The van der Waals surface area contributed by atoms with Gasteiger partial charge in [0.1, 0.15) is 0 Å². The standard InChI is InChI=1S/C14H20N2O2/c1-12-4-3-5-13(10-12)14(17)16-8-6-15(7-9-16)11-18-2/h3-5,10H,6-9,11H2,1-2H3. The maximum Gasteiger partial charge on any atom is 0.253 e. The van der Waals surface area contributed by atoms with E-state index in [4.69, 9.17) is 4.74 Å². The quantitative estimate of drug-likeness (QED) is 0.809. The predicted octanol–water partition coefficient (Wildman–Crippen LogP) is 1.36. The highest BCUT2D eigenvalue weighted by molar-refractivity contribution is 5.94. The van der Waals surface area contributed by atoms with Gasteiger partial charge in [-0.1, -0.05) is 17.7 Å². The predicted molar refractivity (Wildman–Crippen MR) is 70.5 cm³/mol. The molecule has 1 fully saturated rings. The van der Waals surface area contributed by atoms with Crippen LogP contribution in [0.5, 0.6) is 0 Å². The monoisotopic (exact) mass is 248 g/mol. The van der Waals surface area contributed by atoms with E-state index in [-0.39, 0.29) is 5.91 Å². The van der Waals surface area contributed by atoms with Crippen LogP contribution in [0.4, 0.5) is 0 Å². The molecule has 1 aliphatic rings. The van der Waals surface area contributed by atoms with Crippen LogP contribution < -0.4 is 0 Å².